The van der Waals surface area contributed by atoms with Crippen molar-refractivity contribution in [3.05, 3.63) is 0 Å². The van der Waals surface area contributed by atoms with E-state index >= 15 is 0 Å². The van der Waals surface area contributed by atoms with Crippen LogP contribution in [0.3, 0.4) is 0 Å². The molecule has 2 aliphatic rings. The van der Waals surface area contributed by atoms with Gasteiger partial charge in [-0.15, -0.1) is 0 Å². The molecule has 4 heteroatoms. The van der Waals surface area contributed by atoms with Crippen LogP contribution in [-0.4, -0.2) is 32.1 Å². The van der Waals surface area contributed by atoms with Gasteiger partial charge in [-0.3, -0.25) is 0 Å². The van der Waals surface area contributed by atoms with Gasteiger partial charge in [-0.1, -0.05) is 13.3 Å². The molecule has 2 aliphatic carbocycles. The number of hydrogen-bond acceptors (Lipinski definition) is 2. The molecular formula is C12H23NO2S. The lowest BCUT2D eigenvalue weighted by atomic mass is 9.89. The molecule has 3 unspecified atom stereocenters. The first-order valence-electron chi connectivity index (χ1n) is 6.47. The maximum absolute atomic E-state index is 11.9. The van der Waals surface area contributed by atoms with E-state index < -0.39 is 10.0 Å². The van der Waals surface area contributed by atoms with Crippen LogP contribution >= 0.6 is 0 Å². The summed E-state index contributed by atoms with van der Waals surface area (Å²) in [6, 6.07) is 0. The summed E-state index contributed by atoms with van der Waals surface area (Å²) in [4.78, 5) is 0. The van der Waals surface area contributed by atoms with Crippen LogP contribution in [0.15, 0.2) is 0 Å². The zero-order valence-corrected chi connectivity index (χ0v) is 11.2. The molecule has 94 valence electrons. The Morgan fingerprint density at radius 1 is 1.25 bits per heavy atom. The van der Waals surface area contributed by atoms with E-state index in [0.29, 0.717) is 18.1 Å². The van der Waals surface area contributed by atoms with Crippen LogP contribution in [0.2, 0.25) is 0 Å². The van der Waals surface area contributed by atoms with Gasteiger partial charge in [0.25, 0.3) is 0 Å². The van der Waals surface area contributed by atoms with Gasteiger partial charge < -0.3 is 0 Å². The number of rotatable bonds is 5. The van der Waals surface area contributed by atoms with Gasteiger partial charge in [0, 0.05) is 13.6 Å². The Kier molecular flexibility index (Phi) is 3.59. The lowest BCUT2D eigenvalue weighted by Gasteiger charge is -2.26. The lowest BCUT2D eigenvalue weighted by molar-refractivity contribution is 0.280. The standard InChI is InChI=1S/C12H23NO2S/c1-3-6-16(14,15)13(2)9-12-8-10-4-5-11(12)7-10/h10-12H,3-9H2,1-2H3. The normalized spacial score (nSPS) is 33.8. The van der Waals surface area contributed by atoms with Crippen molar-refractivity contribution in [1.82, 2.24) is 4.31 Å². The smallest absolute Gasteiger partial charge is 0.212 e. The first-order chi connectivity index (χ1) is 7.53. The SMILES string of the molecule is CCCS(=O)(=O)N(C)CC1CC2CCC1C2. The quantitative estimate of drug-likeness (QED) is 0.744. The number of fused-ring (bicyclic) bond motifs is 2. The predicted molar refractivity (Wildman–Crippen MR) is 65.6 cm³/mol. The molecule has 0 aromatic carbocycles. The predicted octanol–water partition coefficient (Wildman–Crippen LogP) is 2.09. The average Bonchev–Trinajstić information content (AvgIpc) is 2.78. The Morgan fingerprint density at radius 2 is 2.00 bits per heavy atom. The van der Waals surface area contributed by atoms with Crippen molar-refractivity contribution < 1.29 is 8.42 Å². The summed E-state index contributed by atoms with van der Waals surface area (Å²) < 4.78 is 25.3. The summed E-state index contributed by atoms with van der Waals surface area (Å²) in [5, 5.41) is 0. The molecule has 2 saturated carbocycles. The molecule has 0 radical (unpaired) electrons. The highest BCUT2D eigenvalue weighted by Gasteiger charge is 2.40. The molecule has 0 aromatic heterocycles. The fourth-order valence-electron chi connectivity index (χ4n) is 3.46. The van der Waals surface area contributed by atoms with Crippen LogP contribution < -0.4 is 0 Å². The summed E-state index contributed by atoms with van der Waals surface area (Å²) in [6.45, 7) is 2.67. The average molecular weight is 245 g/mol. The van der Waals surface area contributed by atoms with E-state index in [9.17, 15) is 8.42 Å². The number of hydrogen-bond donors (Lipinski definition) is 0. The van der Waals surface area contributed by atoms with E-state index in [0.717, 1.165) is 18.4 Å². The third-order valence-electron chi connectivity index (χ3n) is 4.31. The van der Waals surface area contributed by atoms with Gasteiger partial charge >= 0.3 is 0 Å². The number of sulfonamides is 1. The largest absolute Gasteiger partial charge is 0.213 e. The Labute approximate surface area is 99.3 Å². The van der Waals surface area contributed by atoms with E-state index in [2.05, 4.69) is 0 Å². The van der Waals surface area contributed by atoms with E-state index in [1.54, 1.807) is 11.4 Å². The minimum atomic E-state index is -2.98. The van der Waals surface area contributed by atoms with E-state index in [-0.39, 0.29) is 0 Å². The molecule has 2 bridgehead atoms. The summed E-state index contributed by atoms with van der Waals surface area (Å²) in [7, 11) is -1.23. The summed E-state index contributed by atoms with van der Waals surface area (Å²) in [5.74, 6) is 2.64. The van der Waals surface area contributed by atoms with E-state index in [1.807, 2.05) is 6.92 Å². The van der Waals surface area contributed by atoms with Crippen molar-refractivity contribution >= 4 is 10.0 Å². The third kappa shape index (κ3) is 2.43. The topological polar surface area (TPSA) is 37.4 Å². The molecule has 0 aliphatic heterocycles. The summed E-state index contributed by atoms with van der Waals surface area (Å²) >= 11 is 0. The highest BCUT2D eigenvalue weighted by molar-refractivity contribution is 7.89. The van der Waals surface area contributed by atoms with Gasteiger partial charge in [0.2, 0.25) is 10.0 Å². The second-order valence-electron chi connectivity index (χ2n) is 5.53. The van der Waals surface area contributed by atoms with Gasteiger partial charge in [-0.05, 0) is 43.4 Å². The molecule has 0 N–H and O–H groups in total. The minimum absolute atomic E-state index is 0.296. The summed E-state index contributed by atoms with van der Waals surface area (Å²) in [5.41, 5.74) is 0. The second-order valence-corrected chi connectivity index (χ2v) is 7.73. The van der Waals surface area contributed by atoms with Crippen molar-refractivity contribution in [2.24, 2.45) is 17.8 Å². The van der Waals surface area contributed by atoms with Gasteiger partial charge in [0.1, 0.15) is 0 Å². The van der Waals surface area contributed by atoms with E-state index in [1.165, 1.54) is 25.7 Å². The molecule has 0 saturated heterocycles. The van der Waals surface area contributed by atoms with Gasteiger partial charge in [-0.2, -0.15) is 0 Å². The Bertz CT molecular complexity index is 339. The molecule has 2 rings (SSSR count). The molecule has 0 amide bonds. The van der Waals surface area contributed by atoms with Crippen LogP contribution in [0.4, 0.5) is 0 Å². The number of nitrogens with zero attached hydrogens (tertiary/aromatic N) is 1. The molecule has 3 atom stereocenters. The fraction of sp³-hybridized carbons (Fsp3) is 1.00. The first-order valence-corrected chi connectivity index (χ1v) is 8.08. The van der Waals surface area contributed by atoms with Crippen molar-refractivity contribution in [2.45, 2.75) is 39.0 Å². The Morgan fingerprint density at radius 3 is 2.50 bits per heavy atom. The van der Waals surface area contributed by atoms with Crippen LogP contribution in [0.1, 0.15) is 39.0 Å². The van der Waals surface area contributed by atoms with Crippen molar-refractivity contribution in [1.29, 1.82) is 0 Å². The van der Waals surface area contributed by atoms with Gasteiger partial charge in [0.15, 0.2) is 0 Å². The zero-order chi connectivity index (χ0) is 11.8. The van der Waals surface area contributed by atoms with Crippen molar-refractivity contribution in [2.75, 3.05) is 19.3 Å². The highest BCUT2D eigenvalue weighted by Crippen LogP contribution is 2.48. The molecule has 2 fully saturated rings. The van der Waals surface area contributed by atoms with Crippen molar-refractivity contribution in [3.63, 3.8) is 0 Å². The van der Waals surface area contributed by atoms with Gasteiger partial charge in [-0.25, -0.2) is 12.7 Å². The molecule has 3 nitrogen and oxygen atoms in total. The van der Waals surface area contributed by atoms with Gasteiger partial charge in [0.05, 0.1) is 5.75 Å². The minimum Gasteiger partial charge on any atom is -0.212 e. The van der Waals surface area contributed by atoms with Crippen molar-refractivity contribution in [3.8, 4) is 0 Å². The summed E-state index contributed by atoms with van der Waals surface area (Å²) in [6.07, 6.45) is 6.04. The Hall–Kier alpha value is -0.0900. The monoisotopic (exact) mass is 245 g/mol. The van der Waals surface area contributed by atoms with Crippen LogP contribution in [0.25, 0.3) is 0 Å². The molecule has 0 heterocycles. The molecule has 16 heavy (non-hydrogen) atoms. The fourth-order valence-corrected chi connectivity index (χ4v) is 4.70. The third-order valence-corrected chi connectivity index (χ3v) is 6.34. The lowest BCUT2D eigenvalue weighted by Crippen LogP contribution is -2.35. The highest BCUT2D eigenvalue weighted by atomic mass is 32.2. The van der Waals surface area contributed by atoms with Crippen LogP contribution in [0, 0.1) is 17.8 Å². The van der Waals surface area contributed by atoms with Crippen LogP contribution in [-0.2, 0) is 10.0 Å². The zero-order valence-electron chi connectivity index (χ0n) is 10.4. The molecule has 0 aromatic rings. The maximum Gasteiger partial charge on any atom is 0.213 e. The molecular weight excluding hydrogens is 222 g/mol. The first kappa shape index (κ1) is 12.4. The maximum atomic E-state index is 11.9. The second kappa shape index (κ2) is 4.65. The Balaban J connectivity index is 1.90. The van der Waals surface area contributed by atoms with Crippen LogP contribution in [0.5, 0.6) is 0 Å². The molecule has 0 spiro atoms. The van der Waals surface area contributed by atoms with E-state index in [4.69, 9.17) is 0 Å².